The van der Waals surface area contributed by atoms with Gasteiger partial charge in [0.1, 0.15) is 17.1 Å². The van der Waals surface area contributed by atoms with Crippen molar-refractivity contribution in [2.75, 3.05) is 4.90 Å². The molecule has 0 unspecified atom stereocenters. The molecule has 31 heavy (non-hydrogen) atoms. The summed E-state index contributed by atoms with van der Waals surface area (Å²) in [4.78, 5) is 48.6. The van der Waals surface area contributed by atoms with Crippen molar-refractivity contribution in [3.63, 3.8) is 0 Å². The number of rotatable bonds is 4. The van der Waals surface area contributed by atoms with Gasteiger partial charge in [-0.25, -0.2) is 9.69 Å². The molecular formula is C21H12BrN3O6. The predicted octanol–water partition coefficient (Wildman–Crippen LogP) is 4.28. The third kappa shape index (κ3) is 4.01. The molecule has 10 heteroatoms. The molecule has 0 aliphatic carbocycles. The van der Waals surface area contributed by atoms with E-state index in [1.165, 1.54) is 30.3 Å². The normalized spacial score (nSPS) is 15.3. The first-order chi connectivity index (χ1) is 14.8. The number of urea groups is 1. The van der Waals surface area contributed by atoms with Crippen LogP contribution in [0.1, 0.15) is 5.76 Å². The first kappa shape index (κ1) is 20.2. The number of nitrogens with zero attached hydrogens (tertiary/aromatic N) is 2. The monoisotopic (exact) mass is 481 g/mol. The maximum Gasteiger partial charge on any atom is 0.335 e. The molecule has 1 saturated heterocycles. The lowest BCUT2D eigenvalue weighted by Gasteiger charge is -2.26. The zero-order valence-corrected chi connectivity index (χ0v) is 17.2. The number of non-ortho nitro benzene ring substituents is 1. The molecule has 9 nitrogen and oxygen atoms in total. The highest BCUT2D eigenvalue weighted by Gasteiger charge is 2.37. The fourth-order valence-electron chi connectivity index (χ4n) is 2.98. The first-order valence-electron chi connectivity index (χ1n) is 8.85. The van der Waals surface area contributed by atoms with Crippen LogP contribution in [0.5, 0.6) is 0 Å². The Hall–Kier alpha value is -4.05. The molecule has 2 heterocycles. The Balaban J connectivity index is 1.64. The van der Waals surface area contributed by atoms with Crippen LogP contribution < -0.4 is 10.2 Å². The summed E-state index contributed by atoms with van der Waals surface area (Å²) in [6, 6.07) is 14.6. The number of nitro groups is 1. The molecule has 1 aliphatic heterocycles. The van der Waals surface area contributed by atoms with Crippen molar-refractivity contribution < 1.29 is 23.7 Å². The van der Waals surface area contributed by atoms with Crippen molar-refractivity contribution in [2.45, 2.75) is 0 Å². The van der Waals surface area contributed by atoms with E-state index in [1.807, 2.05) is 0 Å². The number of carbonyl (C=O) groups excluding carboxylic acids is 3. The number of amides is 4. The summed E-state index contributed by atoms with van der Waals surface area (Å²) in [7, 11) is 0. The van der Waals surface area contributed by atoms with Crippen molar-refractivity contribution in [2.24, 2.45) is 0 Å². The maximum atomic E-state index is 12.9. The molecule has 154 valence electrons. The summed E-state index contributed by atoms with van der Waals surface area (Å²) < 4.78 is 6.33. The van der Waals surface area contributed by atoms with Gasteiger partial charge in [-0.3, -0.25) is 25.0 Å². The van der Waals surface area contributed by atoms with E-state index in [2.05, 4.69) is 21.2 Å². The average molecular weight is 482 g/mol. The summed E-state index contributed by atoms with van der Waals surface area (Å²) in [6.45, 7) is 0. The second kappa shape index (κ2) is 8.00. The predicted molar refractivity (Wildman–Crippen MR) is 114 cm³/mol. The van der Waals surface area contributed by atoms with Crippen LogP contribution in [0, 0.1) is 10.1 Å². The topological polar surface area (TPSA) is 123 Å². The number of imide groups is 2. The Bertz CT molecular complexity index is 1260. The Kier molecular flexibility index (Phi) is 5.22. The Morgan fingerprint density at radius 3 is 2.45 bits per heavy atom. The standard InChI is InChI=1S/C21H12BrN3O6/c22-13-2-1-3-15(10-13)24-20(27)17(19(26)23-21(24)28)11-16-8-9-18(31-16)12-4-6-14(7-5-12)25(29)30/h1-11H,(H,23,26,28)/b17-11-. The van der Waals surface area contributed by atoms with Gasteiger partial charge in [-0.05, 0) is 48.5 Å². The minimum Gasteiger partial charge on any atom is -0.457 e. The van der Waals surface area contributed by atoms with Crippen LogP contribution in [0.3, 0.4) is 0 Å². The lowest BCUT2D eigenvalue weighted by Crippen LogP contribution is -2.54. The highest BCUT2D eigenvalue weighted by Crippen LogP contribution is 2.28. The lowest BCUT2D eigenvalue weighted by molar-refractivity contribution is -0.384. The molecule has 4 rings (SSSR count). The zero-order chi connectivity index (χ0) is 22.1. The quantitative estimate of drug-likeness (QED) is 0.256. The van der Waals surface area contributed by atoms with E-state index in [1.54, 1.807) is 36.4 Å². The number of furan rings is 1. The average Bonchev–Trinajstić information content (AvgIpc) is 3.20. The van der Waals surface area contributed by atoms with Gasteiger partial charge >= 0.3 is 6.03 Å². The number of barbiturate groups is 1. The number of anilines is 1. The number of halogens is 1. The molecule has 1 aromatic heterocycles. The highest BCUT2D eigenvalue weighted by atomic mass is 79.9. The molecule has 0 bridgehead atoms. The molecule has 1 aliphatic rings. The first-order valence-corrected chi connectivity index (χ1v) is 9.64. The summed E-state index contributed by atoms with van der Waals surface area (Å²) in [5, 5.41) is 12.9. The Labute approximate surface area is 183 Å². The van der Waals surface area contributed by atoms with Gasteiger partial charge < -0.3 is 4.42 Å². The molecule has 0 spiro atoms. The van der Waals surface area contributed by atoms with Crippen LogP contribution in [0.25, 0.3) is 17.4 Å². The van der Waals surface area contributed by atoms with Crippen molar-refractivity contribution in [3.8, 4) is 11.3 Å². The summed E-state index contributed by atoms with van der Waals surface area (Å²) in [5.41, 5.74) is 0.547. The molecule has 0 radical (unpaired) electrons. The largest absolute Gasteiger partial charge is 0.457 e. The van der Waals surface area contributed by atoms with E-state index >= 15 is 0 Å². The van der Waals surface area contributed by atoms with Crippen LogP contribution in [0.2, 0.25) is 0 Å². The molecule has 3 aromatic rings. The van der Waals surface area contributed by atoms with Crippen LogP contribution in [-0.2, 0) is 9.59 Å². The van der Waals surface area contributed by atoms with Crippen LogP contribution >= 0.6 is 15.9 Å². The summed E-state index contributed by atoms with van der Waals surface area (Å²) in [5.74, 6) is -1.03. The highest BCUT2D eigenvalue weighted by molar-refractivity contribution is 9.10. The second-order valence-corrected chi connectivity index (χ2v) is 7.36. The van der Waals surface area contributed by atoms with Crippen molar-refractivity contribution in [1.29, 1.82) is 0 Å². The van der Waals surface area contributed by atoms with Gasteiger partial charge in [0.15, 0.2) is 0 Å². The van der Waals surface area contributed by atoms with Crippen molar-refractivity contribution in [3.05, 3.63) is 86.6 Å². The molecule has 0 atom stereocenters. The smallest absolute Gasteiger partial charge is 0.335 e. The minimum absolute atomic E-state index is 0.0561. The van der Waals surface area contributed by atoms with Crippen LogP contribution in [-0.4, -0.2) is 22.8 Å². The second-order valence-electron chi connectivity index (χ2n) is 6.44. The van der Waals surface area contributed by atoms with Crippen LogP contribution in [0.4, 0.5) is 16.2 Å². The van der Waals surface area contributed by atoms with Gasteiger partial charge in [-0.2, -0.15) is 0 Å². The molecule has 1 N–H and O–H groups in total. The van der Waals surface area contributed by atoms with Gasteiger partial charge in [-0.15, -0.1) is 0 Å². The maximum absolute atomic E-state index is 12.9. The SMILES string of the molecule is O=C1NC(=O)N(c2cccc(Br)c2)C(=O)/C1=C\c1ccc(-c2ccc([N+](=O)[O-])cc2)o1. The van der Waals surface area contributed by atoms with E-state index in [4.69, 9.17) is 4.42 Å². The van der Waals surface area contributed by atoms with E-state index in [0.717, 1.165) is 4.90 Å². The van der Waals surface area contributed by atoms with Gasteiger partial charge in [0, 0.05) is 22.2 Å². The minimum atomic E-state index is -0.851. The third-order valence-corrected chi connectivity index (χ3v) is 4.94. The zero-order valence-electron chi connectivity index (χ0n) is 15.6. The van der Waals surface area contributed by atoms with E-state index in [0.29, 0.717) is 21.5 Å². The van der Waals surface area contributed by atoms with Crippen LogP contribution in [0.15, 0.2) is 75.1 Å². The molecule has 2 aromatic carbocycles. The molecular weight excluding hydrogens is 470 g/mol. The van der Waals surface area contributed by atoms with Gasteiger partial charge in [-0.1, -0.05) is 22.0 Å². The van der Waals surface area contributed by atoms with Crippen molar-refractivity contribution in [1.82, 2.24) is 5.32 Å². The van der Waals surface area contributed by atoms with E-state index in [-0.39, 0.29) is 17.0 Å². The Morgan fingerprint density at radius 1 is 1.03 bits per heavy atom. The number of benzene rings is 2. The molecule has 1 fully saturated rings. The lowest BCUT2D eigenvalue weighted by atomic mass is 10.1. The van der Waals surface area contributed by atoms with Crippen molar-refractivity contribution >= 4 is 51.2 Å². The summed E-state index contributed by atoms with van der Waals surface area (Å²) >= 11 is 3.28. The number of nitro benzene ring substituents is 1. The van der Waals surface area contributed by atoms with Gasteiger partial charge in [0.2, 0.25) is 0 Å². The number of nitrogens with one attached hydrogen (secondary N) is 1. The van der Waals surface area contributed by atoms with E-state index in [9.17, 15) is 24.5 Å². The van der Waals surface area contributed by atoms with Gasteiger partial charge in [0.05, 0.1) is 10.6 Å². The number of hydrogen-bond acceptors (Lipinski definition) is 6. The number of hydrogen-bond donors (Lipinski definition) is 1. The third-order valence-electron chi connectivity index (χ3n) is 4.44. The fraction of sp³-hybridized carbons (Fsp3) is 0. The number of carbonyl (C=O) groups is 3. The van der Waals surface area contributed by atoms with Gasteiger partial charge in [0.25, 0.3) is 17.5 Å². The van der Waals surface area contributed by atoms with E-state index < -0.39 is 22.8 Å². The Morgan fingerprint density at radius 2 is 1.77 bits per heavy atom. The summed E-state index contributed by atoms with van der Waals surface area (Å²) in [6.07, 6.45) is 1.24. The fourth-order valence-corrected chi connectivity index (χ4v) is 3.37. The molecule has 4 amide bonds. The molecule has 0 saturated carbocycles.